The number of hydrogen-bond donors (Lipinski definition) is 2. The highest BCUT2D eigenvalue weighted by molar-refractivity contribution is 5.91. The molecule has 0 aliphatic heterocycles. The number of rotatable bonds is 5. The van der Waals surface area contributed by atoms with Gasteiger partial charge in [0.2, 0.25) is 5.91 Å². The number of amides is 1. The molecule has 0 saturated heterocycles. The van der Waals surface area contributed by atoms with E-state index in [-0.39, 0.29) is 5.91 Å². The van der Waals surface area contributed by atoms with E-state index in [4.69, 9.17) is 4.74 Å². The lowest BCUT2D eigenvalue weighted by Gasteiger charge is -2.19. The van der Waals surface area contributed by atoms with Crippen LogP contribution >= 0.6 is 0 Å². The summed E-state index contributed by atoms with van der Waals surface area (Å²) in [6, 6.07) is 6.11. The number of carbonyl (C=O) groups is 1. The summed E-state index contributed by atoms with van der Waals surface area (Å²) >= 11 is 0. The van der Waals surface area contributed by atoms with E-state index in [0.29, 0.717) is 0 Å². The van der Waals surface area contributed by atoms with Gasteiger partial charge in [0.05, 0.1) is 12.5 Å². The van der Waals surface area contributed by atoms with E-state index in [1.165, 1.54) is 5.56 Å². The maximum absolute atomic E-state index is 12.2. The van der Waals surface area contributed by atoms with Crippen molar-refractivity contribution in [2.24, 2.45) is 0 Å². The van der Waals surface area contributed by atoms with Crippen LogP contribution in [0.5, 0.6) is 5.75 Å². The smallest absolute Gasteiger partial charge is 0.244 e. The molecule has 1 aliphatic rings. The molecule has 1 saturated carbocycles. The molecule has 0 atom stereocenters. The molecule has 2 rings (SSSR count). The number of carbonyl (C=O) groups excluding carboxylic acids is 1. The highest BCUT2D eigenvalue weighted by Gasteiger charge is 2.52. The van der Waals surface area contributed by atoms with Gasteiger partial charge >= 0.3 is 0 Å². The molecule has 4 heteroatoms. The number of nitrogens with one attached hydrogen (secondary N) is 2. The van der Waals surface area contributed by atoms with Crippen molar-refractivity contribution in [1.82, 2.24) is 10.9 Å². The Labute approximate surface area is 108 Å². The Balaban J connectivity index is 2.39. The Morgan fingerprint density at radius 3 is 2.67 bits per heavy atom. The van der Waals surface area contributed by atoms with Gasteiger partial charge in [-0.05, 0) is 30.9 Å². The van der Waals surface area contributed by atoms with E-state index in [2.05, 4.69) is 23.8 Å². The lowest BCUT2D eigenvalue weighted by Crippen LogP contribution is -2.41. The van der Waals surface area contributed by atoms with E-state index >= 15 is 0 Å². The van der Waals surface area contributed by atoms with Crippen LogP contribution in [-0.4, -0.2) is 20.1 Å². The summed E-state index contributed by atoms with van der Waals surface area (Å²) in [5, 5.41) is 0. The fourth-order valence-electron chi connectivity index (χ4n) is 2.33. The maximum atomic E-state index is 12.2. The van der Waals surface area contributed by atoms with Crippen molar-refractivity contribution in [2.45, 2.75) is 31.6 Å². The summed E-state index contributed by atoms with van der Waals surface area (Å²) in [5.74, 6) is 0.826. The minimum absolute atomic E-state index is 0.0246. The highest BCUT2D eigenvalue weighted by atomic mass is 16.5. The second-order valence-electron chi connectivity index (χ2n) is 4.67. The van der Waals surface area contributed by atoms with E-state index < -0.39 is 5.41 Å². The predicted molar refractivity (Wildman–Crippen MR) is 70.5 cm³/mol. The Kier molecular flexibility index (Phi) is 3.57. The van der Waals surface area contributed by atoms with E-state index in [0.717, 1.165) is 30.6 Å². The van der Waals surface area contributed by atoms with Crippen molar-refractivity contribution < 1.29 is 9.53 Å². The summed E-state index contributed by atoms with van der Waals surface area (Å²) < 4.78 is 5.40. The SMILES string of the molecule is CCc1ccc(OC)c(C2(C(=O)NNC)CC2)c1. The van der Waals surface area contributed by atoms with Gasteiger partial charge in [0.1, 0.15) is 5.75 Å². The van der Waals surface area contributed by atoms with E-state index in [9.17, 15) is 4.79 Å². The van der Waals surface area contributed by atoms with Gasteiger partial charge in [-0.3, -0.25) is 10.2 Å². The molecule has 1 amide bonds. The molecule has 0 unspecified atom stereocenters. The average Bonchev–Trinajstić information content (AvgIpc) is 3.19. The summed E-state index contributed by atoms with van der Waals surface area (Å²) in [6.07, 6.45) is 2.72. The van der Waals surface area contributed by atoms with Crippen LogP contribution in [0.25, 0.3) is 0 Å². The number of hydrazine groups is 1. The zero-order valence-corrected chi connectivity index (χ0v) is 11.2. The number of ether oxygens (including phenoxy) is 1. The van der Waals surface area contributed by atoms with Crippen molar-refractivity contribution in [1.29, 1.82) is 0 Å². The van der Waals surface area contributed by atoms with Gasteiger partial charge in [0, 0.05) is 12.6 Å². The van der Waals surface area contributed by atoms with Crippen LogP contribution in [0.4, 0.5) is 0 Å². The van der Waals surface area contributed by atoms with Crippen LogP contribution in [0.2, 0.25) is 0 Å². The fraction of sp³-hybridized carbons (Fsp3) is 0.500. The Bertz CT molecular complexity index is 453. The Morgan fingerprint density at radius 1 is 1.44 bits per heavy atom. The summed E-state index contributed by atoms with van der Waals surface area (Å²) in [4.78, 5) is 12.2. The van der Waals surface area contributed by atoms with Crippen molar-refractivity contribution in [3.8, 4) is 5.75 Å². The molecule has 1 aliphatic carbocycles. The number of benzene rings is 1. The minimum Gasteiger partial charge on any atom is -0.496 e. The molecular weight excluding hydrogens is 228 g/mol. The van der Waals surface area contributed by atoms with Gasteiger partial charge in [-0.1, -0.05) is 19.1 Å². The number of aryl methyl sites for hydroxylation is 1. The molecule has 0 aromatic heterocycles. The molecule has 0 bridgehead atoms. The second kappa shape index (κ2) is 4.98. The van der Waals surface area contributed by atoms with Crippen molar-refractivity contribution in [3.05, 3.63) is 29.3 Å². The van der Waals surface area contributed by atoms with Crippen LogP contribution in [0.15, 0.2) is 18.2 Å². The monoisotopic (exact) mass is 248 g/mol. The topological polar surface area (TPSA) is 50.4 Å². The molecule has 2 N–H and O–H groups in total. The van der Waals surface area contributed by atoms with E-state index in [1.54, 1.807) is 14.2 Å². The summed E-state index contributed by atoms with van der Waals surface area (Å²) in [6.45, 7) is 2.11. The molecule has 1 aromatic carbocycles. The predicted octanol–water partition coefficient (Wildman–Crippen LogP) is 1.54. The van der Waals surface area contributed by atoms with Crippen molar-refractivity contribution >= 4 is 5.91 Å². The van der Waals surface area contributed by atoms with Crippen LogP contribution in [0.1, 0.15) is 30.9 Å². The molecule has 1 aromatic rings. The third-order valence-electron chi connectivity index (χ3n) is 3.61. The zero-order chi connectivity index (χ0) is 13.2. The minimum atomic E-state index is -0.403. The zero-order valence-electron chi connectivity index (χ0n) is 11.2. The first-order chi connectivity index (χ1) is 8.67. The van der Waals surface area contributed by atoms with Crippen molar-refractivity contribution in [2.75, 3.05) is 14.2 Å². The summed E-state index contributed by atoms with van der Waals surface area (Å²) in [5.41, 5.74) is 7.24. The first-order valence-corrected chi connectivity index (χ1v) is 6.32. The third kappa shape index (κ3) is 2.08. The number of methoxy groups -OCH3 is 1. The third-order valence-corrected chi connectivity index (χ3v) is 3.61. The lowest BCUT2D eigenvalue weighted by molar-refractivity contribution is -0.124. The molecule has 1 fully saturated rings. The molecular formula is C14H20N2O2. The van der Waals surface area contributed by atoms with Crippen LogP contribution in [0, 0.1) is 0 Å². The first kappa shape index (κ1) is 12.9. The standard InChI is InChI=1S/C14H20N2O2/c1-4-10-5-6-12(18-3)11(9-10)14(7-8-14)13(17)16-15-2/h5-6,9,15H,4,7-8H2,1-3H3,(H,16,17). The molecule has 0 radical (unpaired) electrons. The Hall–Kier alpha value is -1.55. The van der Waals surface area contributed by atoms with Gasteiger partial charge in [0.25, 0.3) is 0 Å². The van der Waals surface area contributed by atoms with Gasteiger partial charge in [0.15, 0.2) is 0 Å². The molecule has 98 valence electrons. The van der Waals surface area contributed by atoms with Crippen LogP contribution in [-0.2, 0) is 16.6 Å². The lowest BCUT2D eigenvalue weighted by atomic mass is 9.92. The average molecular weight is 248 g/mol. The van der Waals surface area contributed by atoms with Gasteiger partial charge in [-0.25, -0.2) is 5.43 Å². The molecule has 18 heavy (non-hydrogen) atoms. The van der Waals surface area contributed by atoms with Gasteiger partial charge < -0.3 is 4.74 Å². The van der Waals surface area contributed by atoms with Gasteiger partial charge in [-0.15, -0.1) is 0 Å². The molecule has 4 nitrogen and oxygen atoms in total. The van der Waals surface area contributed by atoms with Crippen molar-refractivity contribution in [3.63, 3.8) is 0 Å². The fourth-order valence-corrected chi connectivity index (χ4v) is 2.33. The molecule has 0 spiro atoms. The first-order valence-electron chi connectivity index (χ1n) is 6.32. The molecule has 0 heterocycles. The summed E-state index contributed by atoms with van der Waals surface area (Å²) in [7, 11) is 3.35. The van der Waals surface area contributed by atoms with E-state index in [1.807, 2.05) is 12.1 Å². The quantitative estimate of drug-likeness (QED) is 0.777. The largest absolute Gasteiger partial charge is 0.496 e. The number of hydrogen-bond acceptors (Lipinski definition) is 3. The Morgan fingerprint density at radius 2 is 2.17 bits per heavy atom. The van der Waals surface area contributed by atoms with Crippen LogP contribution in [0.3, 0.4) is 0 Å². The normalized spacial score (nSPS) is 16.2. The second-order valence-corrected chi connectivity index (χ2v) is 4.67. The maximum Gasteiger partial charge on any atom is 0.244 e. The van der Waals surface area contributed by atoms with Crippen LogP contribution < -0.4 is 15.6 Å². The van der Waals surface area contributed by atoms with Gasteiger partial charge in [-0.2, -0.15) is 0 Å². The highest BCUT2D eigenvalue weighted by Crippen LogP contribution is 2.51.